The third kappa shape index (κ3) is 9.10. The molecule has 0 aromatic heterocycles. The number of nitrogens with one attached hydrogen (secondary N) is 2. The normalized spacial score (nSPS) is 20.9. The molecule has 0 spiro atoms. The molecule has 0 aromatic rings. The Kier molecular flexibility index (Phi) is 11.9. The summed E-state index contributed by atoms with van der Waals surface area (Å²) in [4.78, 5) is 4.87. The fraction of sp³-hybridized carbons (Fsp3) is 0.955. The summed E-state index contributed by atoms with van der Waals surface area (Å²) in [7, 11) is 0. The third-order valence-corrected chi connectivity index (χ3v) is 5.70. The molecule has 164 valence electrons. The fourth-order valence-corrected chi connectivity index (χ4v) is 3.97. The highest BCUT2D eigenvalue weighted by Gasteiger charge is 2.32. The van der Waals surface area contributed by atoms with Gasteiger partial charge >= 0.3 is 0 Å². The summed E-state index contributed by atoms with van der Waals surface area (Å²) in [5, 5.41) is 6.82. The Morgan fingerprint density at radius 2 is 1.86 bits per heavy atom. The van der Waals surface area contributed by atoms with Crippen LogP contribution in [-0.4, -0.2) is 64.2 Å². The molecule has 1 heterocycles. The van der Waals surface area contributed by atoms with E-state index in [0.717, 1.165) is 97.2 Å². The molecule has 6 heteroatoms. The molecule has 1 saturated carbocycles. The lowest BCUT2D eigenvalue weighted by Crippen LogP contribution is -2.42. The average Bonchev–Trinajstić information content (AvgIpc) is 2.74. The first kappa shape index (κ1) is 23.4. The second kappa shape index (κ2) is 14.2. The molecule has 28 heavy (non-hydrogen) atoms. The fourth-order valence-electron chi connectivity index (χ4n) is 3.97. The van der Waals surface area contributed by atoms with Crippen LogP contribution in [0.1, 0.15) is 71.6 Å². The van der Waals surface area contributed by atoms with Gasteiger partial charge in [0.25, 0.3) is 0 Å². The zero-order valence-corrected chi connectivity index (χ0v) is 18.3. The van der Waals surface area contributed by atoms with E-state index in [0.29, 0.717) is 5.92 Å². The van der Waals surface area contributed by atoms with E-state index >= 15 is 0 Å². The number of nitrogens with zero attached hydrogens (tertiary/aromatic N) is 1. The summed E-state index contributed by atoms with van der Waals surface area (Å²) in [6, 6.07) is 0. The molecule has 0 unspecified atom stereocenters. The van der Waals surface area contributed by atoms with Gasteiger partial charge in [-0.15, -0.1) is 0 Å². The molecular weight excluding hydrogens is 354 g/mol. The van der Waals surface area contributed by atoms with E-state index in [-0.39, 0.29) is 5.60 Å². The minimum Gasteiger partial charge on any atom is -0.381 e. The van der Waals surface area contributed by atoms with Crippen LogP contribution in [0.4, 0.5) is 0 Å². The van der Waals surface area contributed by atoms with Crippen molar-refractivity contribution in [1.82, 2.24) is 10.6 Å². The zero-order valence-electron chi connectivity index (χ0n) is 18.3. The van der Waals surface area contributed by atoms with Gasteiger partial charge in [-0.1, -0.05) is 26.2 Å². The highest BCUT2D eigenvalue weighted by atomic mass is 16.5. The second-order valence-electron chi connectivity index (χ2n) is 8.20. The van der Waals surface area contributed by atoms with Gasteiger partial charge in [0.1, 0.15) is 0 Å². The van der Waals surface area contributed by atoms with Crippen molar-refractivity contribution in [1.29, 1.82) is 0 Å². The summed E-state index contributed by atoms with van der Waals surface area (Å²) in [6.45, 7) is 11.1. The average molecular weight is 398 g/mol. The first-order chi connectivity index (χ1) is 13.8. The van der Waals surface area contributed by atoms with Gasteiger partial charge in [-0.2, -0.15) is 0 Å². The summed E-state index contributed by atoms with van der Waals surface area (Å²) in [5.74, 6) is 1.58. The van der Waals surface area contributed by atoms with Gasteiger partial charge in [-0.05, 0) is 51.4 Å². The van der Waals surface area contributed by atoms with Crippen LogP contribution in [0.3, 0.4) is 0 Å². The van der Waals surface area contributed by atoms with Crippen molar-refractivity contribution in [3.63, 3.8) is 0 Å². The maximum absolute atomic E-state index is 6.27. The van der Waals surface area contributed by atoms with Crippen molar-refractivity contribution in [3.05, 3.63) is 0 Å². The van der Waals surface area contributed by atoms with Crippen molar-refractivity contribution >= 4 is 5.96 Å². The number of hydrogen-bond donors (Lipinski definition) is 2. The van der Waals surface area contributed by atoms with Crippen LogP contribution < -0.4 is 10.6 Å². The predicted molar refractivity (Wildman–Crippen MR) is 115 cm³/mol. The predicted octanol–water partition coefficient (Wildman–Crippen LogP) is 3.50. The topological polar surface area (TPSA) is 64.1 Å². The number of ether oxygens (including phenoxy) is 3. The molecule has 1 saturated heterocycles. The molecule has 2 N–H and O–H groups in total. The number of hydrogen-bond acceptors (Lipinski definition) is 4. The van der Waals surface area contributed by atoms with E-state index in [1.54, 1.807) is 0 Å². The van der Waals surface area contributed by atoms with Crippen LogP contribution in [-0.2, 0) is 14.2 Å². The van der Waals surface area contributed by atoms with Crippen LogP contribution in [0.5, 0.6) is 0 Å². The second-order valence-corrected chi connectivity index (χ2v) is 8.20. The van der Waals surface area contributed by atoms with Gasteiger partial charge in [0, 0.05) is 46.1 Å². The Morgan fingerprint density at radius 3 is 2.57 bits per heavy atom. The number of aliphatic imine (C=N–C) groups is 1. The largest absolute Gasteiger partial charge is 0.381 e. The van der Waals surface area contributed by atoms with Gasteiger partial charge in [0.15, 0.2) is 5.96 Å². The molecule has 2 aliphatic rings. The van der Waals surface area contributed by atoms with Gasteiger partial charge in [-0.25, -0.2) is 0 Å². The van der Waals surface area contributed by atoms with Crippen LogP contribution in [0.15, 0.2) is 4.99 Å². The van der Waals surface area contributed by atoms with Crippen LogP contribution in [0.2, 0.25) is 0 Å². The minimum absolute atomic E-state index is 0.0521. The van der Waals surface area contributed by atoms with Gasteiger partial charge in [0.05, 0.1) is 12.1 Å². The standard InChI is InChI=1S/C22H43N3O3/c1-3-14-28-22(11-6-5-7-12-22)19-25-21(23-4-2)24-13-8-15-27-18-20-9-16-26-17-10-20/h20H,3-19H2,1-2H3,(H2,23,24,25). The van der Waals surface area contributed by atoms with Crippen molar-refractivity contribution < 1.29 is 14.2 Å². The Labute approximate surface area is 172 Å². The Balaban J connectivity index is 1.68. The first-order valence-electron chi connectivity index (χ1n) is 11.6. The maximum Gasteiger partial charge on any atom is 0.191 e. The number of guanidine groups is 1. The molecule has 1 aliphatic heterocycles. The smallest absolute Gasteiger partial charge is 0.191 e. The Bertz CT molecular complexity index is 419. The van der Waals surface area contributed by atoms with Crippen molar-refractivity contribution in [2.75, 3.05) is 52.7 Å². The van der Waals surface area contributed by atoms with E-state index in [1.807, 2.05) is 0 Å². The highest BCUT2D eigenvalue weighted by Crippen LogP contribution is 2.32. The molecular formula is C22H43N3O3. The first-order valence-corrected chi connectivity index (χ1v) is 11.6. The van der Waals surface area contributed by atoms with Crippen LogP contribution in [0.25, 0.3) is 0 Å². The van der Waals surface area contributed by atoms with E-state index in [4.69, 9.17) is 19.2 Å². The number of rotatable bonds is 12. The zero-order chi connectivity index (χ0) is 19.9. The molecule has 0 aromatic carbocycles. The summed E-state index contributed by atoms with van der Waals surface area (Å²) < 4.78 is 17.5. The Morgan fingerprint density at radius 1 is 1.07 bits per heavy atom. The quantitative estimate of drug-likeness (QED) is 0.300. The van der Waals surface area contributed by atoms with E-state index in [2.05, 4.69) is 24.5 Å². The van der Waals surface area contributed by atoms with E-state index in [1.165, 1.54) is 19.3 Å². The monoisotopic (exact) mass is 397 g/mol. The molecule has 0 amide bonds. The van der Waals surface area contributed by atoms with E-state index in [9.17, 15) is 0 Å². The van der Waals surface area contributed by atoms with Crippen LogP contribution >= 0.6 is 0 Å². The van der Waals surface area contributed by atoms with Crippen molar-refractivity contribution in [2.24, 2.45) is 10.9 Å². The molecule has 2 rings (SSSR count). The molecule has 0 bridgehead atoms. The molecule has 1 aliphatic carbocycles. The maximum atomic E-state index is 6.27. The molecule has 2 fully saturated rings. The van der Waals surface area contributed by atoms with Gasteiger partial charge in [0.2, 0.25) is 0 Å². The van der Waals surface area contributed by atoms with E-state index < -0.39 is 0 Å². The molecule has 0 atom stereocenters. The van der Waals surface area contributed by atoms with Crippen LogP contribution in [0, 0.1) is 5.92 Å². The Hall–Kier alpha value is -0.850. The van der Waals surface area contributed by atoms with Crippen molar-refractivity contribution in [3.8, 4) is 0 Å². The lowest BCUT2D eigenvalue weighted by atomic mass is 9.84. The summed E-state index contributed by atoms with van der Waals surface area (Å²) >= 11 is 0. The van der Waals surface area contributed by atoms with Crippen molar-refractivity contribution in [2.45, 2.75) is 77.2 Å². The minimum atomic E-state index is -0.0521. The van der Waals surface area contributed by atoms with Gasteiger partial charge in [-0.3, -0.25) is 4.99 Å². The third-order valence-electron chi connectivity index (χ3n) is 5.70. The summed E-state index contributed by atoms with van der Waals surface area (Å²) in [5.41, 5.74) is -0.0521. The summed E-state index contributed by atoms with van der Waals surface area (Å²) in [6.07, 6.45) is 10.4. The lowest BCUT2D eigenvalue weighted by Gasteiger charge is -2.36. The van der Waals surface area contributed by atoms with Gasteiger partial charge < -0.3 is 24.8 Å². The molecule has 6 nitrogen and oxygen atoms in total. The SMILES string of the molecule is CCCOC1(CN=C(NCC)NCCCOCC2CCOCC2)CCCCC1. The molecule has 0 radical (unpaired) electrons. The highest BCUT2D eigenvalue weighted by molar-refractivity contribution is 5.79. The lowest BCUT2D eigenvalue weighted by molar-refractivity contribution is -0.0624.